The molecule has 0 radical (unpaired) electrons. The molecule has 0 amide bonds. The third-order valence-electron chi connectivity index (χ3n) is 5.15. The summed E-state index contributed by atoms with van der Waals surface area (Å²) in [5.74, 6) is -2.42. The molecular weight excluding hydrogens is 476 g/mol. The summed E-state index contributed by atoms with van der Waals surface area (Å²) in [6.07, 6.45) is -5.88. The van der Waals surface area contributed by atoms with Crippen molar-refractivity contribution < 1.29 is 42.9 Å². The van der Waals surface area contributed by atoms with E-state index < -0.39 is 54.5 Å². The van der Waals surface area contributed by atoms with Crippen LogP contribution in [0, 0.1) is 6.92 Å². The first-order valence-corrected chi connectivity index (χ1v) is 11.2. The minimum atomic E-state index is -1.32. The number of carbonyl (C=O) groups is 4. The fourth-order valence-corrected chi connectivity index (χ4v) is 3.71. The zero-order valence-electron chi connectivity index (χ0n) is 20.6. The molecular formula is C23H28N4O9. The van der Waals surface area contributed by atoms with E-state index in [2.05, 4.69) is 15.4 Å². The van der Waals surface area contributed by atoms with Gasteiger partial charge < -0.3 is 23.7 Å². The highest BCUT2D eigenvalue weighted by Crippen LogP contribution is 2.34. The van der Waals surface area contributed by atoms with Crippen molar-refractivity contribution in [3.8, 4) is 0 Å². The summed E-state index contributed by atoms with van der Waals surface area (Å²) in [5.41, 5.74) is 2.05. The van der Waals surface area contributed by atoms with Gasteiger partial charge in [-0.2, -0.15) is 0 Å². The Bertz CT molecular complexity index is 1100. The van der Waals surface area contributed by atoms with E-state index in [1.165, 1.54) is 6.92 Å². The predicted molar refractivity (Wildman–Crippen MR) is 119 cm³/mol. The summed E-state index contributed by atoms with van der Waals surface area (Å²) in [5, 5.41) is 12.5. The molecule has 5 unspecified atom stereocenters. The van der Waals surface area contributed by atoms with Crippen LogP contribution in [0.1, 0.15) is 50.9 Å². The van der Waals surface area contributed by atoms with Gasteiger partial charge in [-0.25, -0.2) is 0 Å². The average Bonchev–Trinajstić information content (AvgIpc) is 3.24. The van der Waals surface area contributed by atoms with Crippen LogP contribution >= 0.6 is 0 Å². The Morgan fingerprint density at radius 1 is 0.861 bits per heavy atom. The zero-order valence-corrected chi connectivity index (χ0v) is 20.6. The molecule has 1 saturated heterocycles. The molecule has 13 heteroatoms. The van der Waals surface area contributed by atoms with E-state index in [-0.39, 0.29) is 6.61 Å². The van der Waals surface area contributed by atoms with Crippen molar-refractivity contribution in [3.63, 3.8) is 0 Å². The number of tetrazole rings is 1. The normalized spacial score (nSPS) is 23.4. The maximum absolute atomic E-state index is 12.0. The maximum Gasteiger partial charge on any atom is 0.303 e. The van der Waals surface area contributed by atoms with Gasteiger partial charge in [-0.15, -0.1) is 15.0 Å². The first-order chi connectivity index (χ1) is 17.0. The maximum atomic E-state index is 12.0. The number of esters is 4. The Morgan fingerprint density at radius 3 is 2.03 bits per heavy atom. The number of carbonyl (C=O) groups excluding carboxylic acids is 4. The summed E-state index contributed by atoms with van der Waals surface area (Å²) in [6, 6.07) is 7.78. The first kappa shape index (κ1) is 26.7. The lowest BCUT2D eigenvalue weighted by Gasteiger charge is -2.43. The third-order valence-corrected chi connectivity index (χ3v) is 5.15. The Labute approximate surface area is 207 Å². The van der Waals surface area contributed by atoms with Gasteiger partial charge >= 0.3 is 23.9 Å². The van der Waals surface area contributed by atoms with Crippen molar-refractivity contribution >= 4 is 23.9 Å². The smallest absolute Gasteiger partial charge is 0.303 e. The van der Waals surface area contributed by atoms with Crippen LogP contribution in [0.25, 0.3) is 0 Å². The standard InChI is InChI=1S/C23H28N4O9/c1-12-6-8-17(9-7-12)10-19-24-26-27(25-19)23-22(35-16(5)31)21(34-15(4)30)20(33-14(3)29)18(36-23)11-32-13(2)28/h6-9,18,20-23H,10-11H2,1-5H3. The van der Waals surface area contributed by atoms with Crippen LogP contribution in [0.2, 0.25) is 0 Å². The number of nitrogens with zero attached hydrogens (tertiary/aromatic N) is 4. The monoisotopic (exact) mass is 504 g/mol. The van der Waals surface area contributed by atoms with Crippen LogP contribution in [0.5, 0.6) is 0 Å². The number of rotatable bonds is 8. The van der Waals surface area contributed by atoms with Crippen LogP contribution in [-0.2, 0) is 49.3 Å². The molecule has 1 aliphatic rings. The van der Waals surface area contributed by atoms with E-state index in [1.54, 1.807) is 0 Å². The first-order valence-electron chi connectivity index (χ1n) is 11.2. The Balaban J connectivity index is 1.97. The molecule has 2 aromatic rings. The summed E-state index contributed by atoms with van der Waals surface area (Å²) >= 11 is 0. The second-order valence-electron chi connectivity index (χ2n) is 8.28. The molecule has 0 spiro atoms. The lowest BCUT2D eigenvalue weighted by atomic mass is 9.97. The Hall–Kier alpha value is -3.87. The minimum absolute atomic E-state index is 0.348. The molecule has 1 aromatic carbocycles. The van der Waals surface area contributed by atoms with Gasteiger partial charge in [0.15, 0.2) is 24.1 Å². The molecule has 0 aliphatic carbocycles. The summed E-state index contributed by atoms with van der Waals surface area (Å²) in [7, 11) is 0. The molecule has 2 heterocycles. The van der Waals surface area contributed by atoms with Gasteiger partial charge in [0.25, 0.3) is 0 Å². The molecule has 3 rings (SSSR count). The van der Waals surface area contributed by atoms with Gasteiger partial charge in [-0.1, -0.05) is 29.8 Å². The number of benzene rings is 1. The molecule has 5 atom stereocenters. The second kappa shape index (κ2) is 11.7. The summed E-state index contributed by atoms with van der Waals surface area (Å²) in [4.78, 5) is 48.3. The molecule has 1 fully saturated rings. The molecule has 1 aliphatic heterocycles. The van der Waals surface area contributed by atoms with Crippen LogP contribution in [0.15, 0.2) is 24.3 Å². The fraction of sp³-hybridized carbons (Fsp3) is 0.522. The summed E-state index contributed by atoms with van der Waals surface area (Å²) < 4.78 is 27.3. The van der Waals surface area contributed by atoms with Crippen molar-refractivity contribution in [2.75, 3.05) is 6.61 Å². The van der Waals surface area contributed by atoms with Gasteiger partial charge in [0.2, 0.25) is 6.23 Å². The van der Waals surface area contributed by atoms with E-state index in [0.717, 1.165) is 36.7 Å². The zero-order chi connectivity index (χ0) is 26.4. The molecule has 13 nitrogen and oxygen atoms in total. The molecule has 194 valence electrons. The SMILES string of the molecule is CC(=O)OCC1OC(n2nnc(Cc3ccc(C)cc3)n2)C(OC(C)=O)C(OC(C)=O)C1OC(C)=O. The number of aryl methyl sites for hydroxylation is 1. The highest BCUT2D eigenvalue weighted by Gasteiger charge is 2.53. The predicted octanol–water partition coefficient (Wildman–Crippen LogP) is 0.828. The molecule has 36 heavy (non-hydrogen) atoms. The molecule has 0 saturated carbocycles. The van der Waals surface area contributed by atoms with E-state index in [9.17, 15) is 19.2 Å². The second-order valence-corrected chi connectivity index (χ2v) is 8.28. The van der Waals surface area contributed by atoms with Crippen molar-refractivity contribution in [2.24, 2.45) is 0 Å². The van der Waals surface area contributed by atoms with Crippen LogP contribution in [0.3, 0.4) is 0 Å². The van der Waals surface area contributed by atoms with Gasteiger partial charge in [-0.05, 0) is 17.7 Å². The van der Waals surface area contributed by atoms with Crippen LogP contribution in [0.4, 0.5) is 0 Å². The third kappa shape index (κ3) is 7.07. The van der Waals surface area contributed by atoms with Gasteiger partial charge in [0, 0.05) is 34.1 Å². The quantitative estimate of drug-likeness (QED) is 0.369. The number of ether oxygens (including phenoxy) is 5. The van der Waals surface area contributed by atoms with E-state index in [1.807, 2.05) is 31.2 Å². The highest BCUT2D eigenvalue weighted by atomic mass is 16.7. The van der Waals surface area contributed by atoms with Gasteiger partial charge in [0.1, 0.15) is 12.7 Å². The lowest BCUT2D eigenvalue weighted by molar-refractivity contribution is -0.272. The summed E-state index contributed by atoms with van der Waals surface area (Å²) in [6.45, 7) is 6.28. The highest BCUT2D eigenvalue weighted by molar-refractivity contribution is 5.68. The van der Waals surface area contributed by atoms with E-state index in [4.69, 9.17) is 23.7 Å². The average molecular weight is 504 g/mol. The van der Waals surface area contributed by atoms with Crippen molar-refractivity contribution in [1.29, 1.82) is 0 Å². The van der Waals surface area contributed by atoms with Crippen molar-refractivity contribution in [1.82, 2.24) is 20.2 Å². The van der Waals surface area contributed by atoms with Crippen molar-refractivity contribution in [3.05, 3.63) is 41.2 Å². The molecule has 1 aromatic heterocycles. The number of hydrogen-bond acceptors (Lipinski definition) is 12. The fourth-order valence-electron chi connectivity index (χ4n) is 3.71. The topological polar surface area (TPSA) is 158 Å². The van der Waals surface area contributed by atoms with Crippen molar-refractivity contribution in [2.45, 2.75) is 71.7 Å². The number of aromatic nitrogens is 4. The lowest BCUT2D eigenvalue weighted by Crippen LogP contribution is -2.60. The van der Waals surface area contributed by atoms with E-state index >= 15 is 0 Å². The number of hydrogen-bond donors (Lipinski definition) is 0. The Kier molecular flexibility index (Phi) is 8.69. The largest absolute Gasteiger partial charge is 0.463 e. The van der Waals surface area contributed by atoms with Gasteiger partial charge in [0.05, 0.1) is 0 Å². The molecule has 0 bridgehead atoms. The van der Waals surface area contributed by atoms with Crippen LogP contribution < -0.4 is 0 Å². The Morgan fingerprint density at radius 2 is 1.44 bits per heavy atom. The van der Waals surface area contributed by atoms with Crippen LogP contribution in [-0.4, -0.2) is 75.1 Å². The molecule has 0 N–H and O–H groups in total. The van der Waals surface area contributed by atoms with Gasteiger partial charge in [-0.3, -0.25) is 19.2 Å². The minimum Gasteiger partial charge on any atom is -0.463 e. The van der Waals surface area contributed by atoms with E-state index in [0.29, 0.717) is 12.2 Å².